The number of amides is 3. The molecule has 0 spiro atoms. The summed E-state index contributed by atoms with van der Waals surface area (Å²) < 4.78 is 39.9. The molecule has 1 aliphatic rings. The van der Waals surface area contributed by atoms with Gasteiger partial charge in [-0.15, -0.1) is 22.7 Å². The van der Waals surface area contributed by atoms with E-state index in [1.54, 1.807) is 178 Å². The number of carbonyl (C=O) groups excluding carboxylic acids is 4. The third-order valence-corrected chi connectivity index (χ3v) is 24.2. The van der Waals surface area contributed by atoms with Crippen molar-refractivity contribution in [2.24, 2.45) is 16.6 Å². The minimum atomic E-state index is -0.333. The molecular formula is C103H80Br5Cl2N23O11S2. The van der Waals surface area contributed by atoms with Gasteiger partial charge >= 0.3 is 0 Å². The van der Waals surface area contributed by atoms with E-state index < -0.39 is 0 Å². The van der Waals surface area contributed by atoms with E-state index in [1.165, 1.54) is 35.9 Å². The molecule has 0 saturated carbocycles. The Hall–Kier alpha value is -16.1. The number of hydrogen-bond donors (Lipinski definition) is 5. The molecule has 10 heterocycles. The summed E-state index contributed by atoms with van der Waals surface area (Å²) in [6, 6.07) is 64.0. The van der Waals surface area contributed by atoms with Gasteiger partial charge in [0.15, 0.2) is 71.4 Å². The van der Waals surface area contributed by atoms with Gasteiger partial charge in [-0.3, -0.25) is 24.6 Å². The fourth-order valence-electron chi connectivity index (χ4n) is 12.2. The summed E-state index contributed by atoms with van der Waals surface area (Å²) in [6.45, 7) is 55.4. The van der Waals surface area contributed by atoms with Gasteiger partial charge < -0.3 is 57.9 Å². The number of primary amides is 1. The number of aryl methyl sites for hydroxylation is 2. The minimum absolute atomic E-state index is 0. The molecule has 0 bridgehead atoms. The number of Topliss-reactive ketones (excluding diaryl/α,β-unsaturated/α-hetero) is 1. The molecule has 1 fully saturated rings. The van der Waals surface area contributed by atoms with Crippen LogP contribution in [0.1, 0.15) is 104 Å². The van der Waals surface area contributed by atoms with Crippen LogP contribution in [0.2, 0.25) is 8.67 Å². The molecule has 18 rings (SSSR count). The first-order valence-electron chi connectivity index (χ1n) is 42.3. The highest BCUT2D eigenvalue weighted by atomic mass is 79.9. The first-order chi connectivity index (χ1) is 70.1. The van der Waals surface area contributed by atoms with E-state index in [-0.39, 0.29) is 50.6 Å². The van der Waals surface area contributed by atoms with Gasteiger partial charge in [0.2, 0.25) is 35.4 Å². The maximum atomic E-state index is 12.1. The number of benzene rings is 8. The highest BCUT2D eigenvalue weighted by Gasteiger charge is 2.21. The van der Waals surface area contributed by atoms with Crippen LogP contribution in [0.3, 0.4) is 0 Å². The summed E-state index contributed by atoms with van der Waals surface area (Å²) in [5.74, 6) is 3.42. The zero-order chi connectivity index (χ0) is 104. The lowest BCUT2D eigenvalue weighted by molar-refractivity contribution is -0.116. The zero-order valence-corrected chi connectivity index (χ0v) is 87.4. The number of hydrogen-bond acceptors (Lipinski definition) is 23. The van der Waals surface area contributed by atoms with E-state index in [2.05, 4.69) is 180 Å². The third kappa shape index (κ3) is 34.9. The molecular weight excluding hydrogens is 2270 g/mol. The Kier molecular flexibility index (Phi) is 45.4. The Morgan fingerprint density at radius 1 is 0.438 bits per heavy atom. The first kappa shape index (κ1) is 113. The van der Waals surface area contributed by atoms with Crippen LogP contribution in [0, 0.1) is 65.3 Å². The quantitative estimate of drug-likeness (QED) is 0.00691. The van der Waals surface area contributed by atoms with Crippen LogP contribution in [0.5, 0.6) is 0 Å². The van der Waals surface area contributed by atoms with Crippen molar-refractivity contribution in [3.05, 3.63) is 419 Å². The van der Waals surface area contributed by atoms with Gasteiger partial charge in [-0.2, -0.15) is 0 Å². The Labute approximate surface area is 897 Å². The standard InChI is InChI=1S/C20H19ClN4O2S.C16H10ClN3O2S.C11H6Br2N2O.C11H6BrN5O.C11H7BrN2O.C11H9N3O.C11H8N2O.C9H6BrNO.C2H5NO.CH4/c21-17-8-7-16(28-17)20(26)23-11-18-24-15(12-27-18)13-3-5-14(6-4-13)19(22)25-9-1-2-10-25;1-18-11-4-2-10(3-5-11)12-9-22-15(20-12)8-19-16(21)13-6-7-14(17)23-13;1-14-8-4-2-7(3-5-8)10-11(13)16-9(6-12)15-10;1-14-8-4-2-7(3-5-8)10-11(12)18-9(16-10)6-15-17-13;1-7-14-10(11(12)15-7)8-3-5-9(13-2)6-4-8;1-13-9-4-2-8(3-5-9)10-7-15-11(6-12)14-10;1-8-13-11(7-14-8)9-3-5-10(12-2)6-4-9;1-11-8-4-2-7(3-5-8)9(12)6-10;1-2(3)4;/h3-8,12,22H,1-2,9-11H2,(H,23,26);2-7,9H,8H2,(H,19,21);2-5H,6H2;2-5H,6H2;3-6H,1H3;2-5,7H,6,12H2;3-7H,1H3;2-5H,6H2;1H3,(H2,3,4);1H4. The summed E-state index contributed by atoms with van der Waals surface area (Å²) in [6.07, 6.45) is 8.58. The third-order valence-electron chi connectivity index (χ3n) is 19.2. The second-order valence-electron chi connectivity index (χ2n) is 29.1. The Balaban J connectivity index is 0.000000187. The maximum Gasteiger partial charge on any atom is 0.261 e. The fraction of sp³-hybridized carbons (Fsp3) is 0.136. The number of nitrogens with one attached hydrogen (secondary N) is 3. The number of oxazole rings is 7. The van der Waals surface area contributed by atoms with Gasteiger partial charge in [0.05, 0.1) is 94.7 Å². The van der Waals surface area contributed by atoms with Crippen molar-refractivity contribution in [1.29, 1.82) is 5.41 Å². The number of azide groups is 1. The molecule has 0 atom stereocenters. The predicted molar refractivity (Wildman–Crippen MR) is 578 cm³/mol. The van der Waals surface area contributed by atoms with E-state index in [0.29, 0.717) is 159 Å². The van der Waals surface area contributed by atoms with E-state index in [0.717, 1.165) is 93.2 Å². The topological polar surface area (TPSA) is 433 Å². The molecule has 43 heteroatoms. The molecule has 17 aromatic rings. The van der Waals surface area contributed by atoms with Crippen molar-refractivity contribution in [3.63, 3.8) is 0 Å². The van der Waals surface area contributed by atoms with E-state index >= 15 is 0 Å². The van der Waals surface area contributed by atoms with Crippen molar-refractivity contribution in [2.75, 3.05) is 18.4 Å². The molecule has 0 unspecified atom stereocenters. The number of aromatic nitrogens is 7. The Bertz CT molecular complexity index is 7630. The number of likely N-dealkylation sites (tertiary alicyclic amines) is 1. The van der Waals surface area contributed by atoms with Gasteiger partial charge in [0.25, 0.3) is 11.8 Å². The predicted octanol–water partition coefficient (Wildman–Crippen LogP) is 30.4. The highest BCUT2D eigenvalue weighted by Crippen LogP contribution is 2.36. The van der Waals surface area contributed by atoms with E-state index in [4.69, 9.17) is 117 Å². The maximum absolute atomic E-state index is 12.1. The SMILES string of the molecule is C.CC(N)=O.N=C(c1ccc(-c2coc(CNC(=O)c3ccc(Cl)s3)n2)cc1)N1CCCC1.[C-]#[N+]c1ccc(-c2coc(C)n2)cc1.[C-]#[N+]c1ccc(-c2coc(CN)n2)cc1.[C-]#[N+]c1ccc(-c2coc(CNC(=O)c3ccc(Cl)s3)n2)cc1.[C-]#[N+]c1ccc(-c2nc(C)oc2Br)cc1.[C-]#[N+]c1ccc(-c2nc(CBr)oc2Br)cc1.[C-]#[N+]c1ccc(-c2nc(CN=[N+]=[N-])oc2Br)cc1.[C-]#[N+]c1ccc(C(=O)CBr)cc1. The molecule has 1 saturated heterocycles. The molecule has 0 radical (unpaired) electrons. The van der Waals surface area contributed by atoms with Crippen molar-refractivity contribution in [3.8, 4) is 78.8 Å². The van der Waals surface area contributed by atoms with Gasteiger partial charge in [-0.05, 0) is 90.4 Å². The molecule has 8 aromatic carbocycles. The van der Waals surface area contributed by atoms with Crippen LogP contribution in [-0.4, -0.2) is 87.5 Å². The normalized spacial score (nSPS) is 10.4. The molecule has 1 aliphatic heterocycles. The monoisotopic (exact) mass is 2340 g/mol. The van der Waals surface area contributed by atoms with Crippen LogP contribution >= 0.6 is 126 Å². The summed E-state index contributed by atoms with van der Waals surface area (Å²) >= 11 is 30.3. The van der Waals surface area contributed by atoms with Crippen LogP contribution in [0.15, 0.2) is 293 Å². The largest absolute Gasteiger partial charge is 0.449 e. The lowest BCUT2D eigenvalue weighted by Gasteiger charge is -2.18. The molecule has 146 heavy (non-hydrogen) atoms. The molecule has 3 amide bonds. The van der Waals surface area contributed by atoms with Crippen LogP contribution < -0.4 is 22.1 Å². The lowest BCUT2D eigenvalue weighted by Crippen LogP contribution is -2.27. The number of halogens is 7. The van der Waals surface area contributed by atoms with Crippen molar-refractivity contribution >= 4 is 195 Å². The van der Waals surface area contributed by atoms with Crippen LogP contribution in [0.25, 0.3) is 123 Å². The van der Waals surface area contributed by atoms with Crippen molar-refractivity contribution in [1.82, 2.24) is 50.4 Å². The second kappa shape index (κ2) is 58.4. The van der Waals surface area contributed by atoms with E-state index in [9.17, 15) is 19.2 Å². The van der Waals surface area contributed by atoms with Gasteiger partial charge in [0.1, 0.15) is 77.3 Å². The number of carbonyl (C=O) groups is 4. The Morgan fingerprint density at radius 3 is 1.06 bits per heavy atom. The Morgan fingerprint density at radius 2 is 0.753 bits per heavy atom. The smallest absolute Gasteiger partial charge is 0.261 e. The number of thiophene rings is 2. The number of ketones is 1. The number of nitrogens with zero attached hydrogens (tertiary/aromatic N) is 18. The number of nitrogens with two attached hydrogens (primary N) is 2. The molecule has 7 N–H and O–H groups in total. The number of amidine groups is 1. The first-order valence-corrected chi connectivity index (χ1v) is 49.3. The average Bonchev–Trinajstić information content (AvgIpc) is 1.69. The summed E-state index contributed by atoms with van der Waals surface area (Å²) in [5, 5.41) is 18.1. The summed E-state index contributed by atoms with van der Waals surface area (Å²) in [7, 11) is 0. The van der Waals surface area contributed by atoms with Crippen LogP contribution in [0.4, 0.5) is 39.8 Å². The number of rotatable bonds is 20. The minimum Gasteiger partial charge on any atom is -0.449 e. The van der Waals surface area contributed by atoms with Crippen molar-refractivity contribution in [2.45, 2.75) is 72.5 Å². The van der Waals surface area contributed by atoms with E-state index in [1.807, 2.05) is 72.8 Å². The van der Waals surface area contributed by atoms with Crippen LogP contribution in [-0.2, 0) is 36.3 Å². The highest BCUT2D eigenvalue weighted by molar-refractivity contribution is 9.11. The zero-order valence-electron chi connectivity index (χ0n) is 76.3. The average molecular weight is 2350 g/mol. The van der Waals surface area contributed by atoms with Gasteiger partial charge in [-0.25, -0.2) is 68.8 Å². The summed E-state index contributed by atoms with van der Waals surface area (Å²) in [4.78, 5) is 103. The molecule has 734 valence electrons. The lowest BCUT2D eigenvalue weighted by atomic mass is 10.1. The number of alkyl halides is 2. The van der Waals surface area contributed by atoms with Gasteiger partial charge in [-0.1, -0.05) is 262 Å². The molecule has 9 aromatic heterocycles. The molecule has 0 aliphatic carbocycles. The molecule has 34 nitrogen and oxygen atoms in total. The fourth-order valence-corrected chi connectivity index (χ4v) is 16.2. The van der Waals surface area contributed by atoms with Crippen molar-refractivity contribution < 1.29 is 50.1 Å². The second-order valence-corrected chi connectivity index (χ2v) is 35.9. The van der Waals surface area contributed by atoms with Gasteiger partial charge in [0, 0.05) is 88.8 Å². The summed E-state index contributed by atoms with van der Waals surface area (Å²) in [5.41, 5.74) is 35.2.